The van der Waals surface area contributed by atoms with Crippen molar-refractivity contribution in [3.63, 3.8) is 0 Å². The molecule has 2 amide bonds. The Morgan fingerprint density at radius 2 is 1.57 bits per heavy atom. The van der Waals surface area contributed by atoms with Crippen LogP contribution in [-0.2, 0) is 6.42 Å². The van der Waals surface area contributed by atoms with E-state index in [2.05, 4.69) is 0 Å². The second kappa shape index (κ2) is 8.02. The van der Waals surface area contributed by atoms with Gasteiger partial charge in [-0.1, -0.05) is 19.1 Å². The summed E-state index contributed by atoms with van der Waals surface area (Å²) in [7, 11) is 3.10. The summed E-state index contributed by atoms with van der Waals surface area (Å²) in [5.74, 6) is 0.604. The number of rotatable bonds is 7. The first kappa shape index (κ1) is 19.9. The summed E-state index contributed by atoms with van der Waals surface area (Å²) in [6.07, 6.45) is 0.326. The number of carbonyl (C=O) groups is 2. The topological polar surface area (TPSA) is 76.1 Å². The number of carbonyl (C=O) groups excluding carboxylic acids is 2. The highest BCUT2D eigenvalue weighted by Gasteiger charge is 2.39. The maximum Gasteiger partial charge on any atom is 0.261 e. The maximum absolute atomic E-state index is 12.8. The number of nitrogens with zero attached hydrogens (tertiary/aromatic N) is 1. The molecule has 2 aromatic carbocycles. The molecule has 0 radical (unpaired) electrons. The summed E-state index contributed by atoms with van der Waals surface area (Å²) >= 11 is 0. The average molecular weight is 383 g/mol. The molecule has 6 heteroatoms. The van der Waals surface area contributed by atoms with Gasteiger partial charge in [-0.15, -0.1) is 0 Å². The molecule has 1 heterocycles. The number of hydrogen-bond acceptors (Lipinski definition) is 5. The summed E-state index contributed by atoms with van der Waals surface area (Å²) in [5.41, 5.74) is 2.32. The highest BCUT2D eigenvalue weighted by Crippen LogP contribution is 2.35. The Hall–Kier alpha value is -2.86. The molecule has 148 valence electrons. The van der Waals surface area contributed by atoms with Crippen molar-refractivity contribution in [2.24, 2.45) is 0 Å². The number of hydrogen-bond donors (Lipinski definition) is 1. The summed E-state index contributed by atoms with van der Waals surface area (Å²) in [6, 6.07) is 10.1. The van der Waals surface area contributed by atoms with Gasteiger partial charge < -0.3 is 14.6 Å². The number of methoxy groups -OCH3 is 2. The minimum atomic E-state index is -0.712. The van der Waals surface area contributed by atoms with Crippen LogP contribution in [0.3, 0.4) is 0 Å². The molecular weight excluding hydrogens is 358 g/mol. The Balaban J connectivity index is 1.96. The lowest BCUT2D eigenvalue weighted by Gasteiger charge is -2.26. The van der Waals surface area contributed by atoms with Crippen LogP contribution in [-0.4, -0.2) is 42.1 Å². The van der Waals surface area contributed by atoms with Crippen molar-refractivity contribution in [3.05, 3.63) is 58.7 Å². The van der Waals surface area contributed by atoms with Gasteiger partial charge in [0.2, 0.25) is 0 Å². The van der Waals surface area contributed by atoms with E-state index >= 15 is 0 Å². The van der Waals surface area contributed by atoms with E-state index in [-0.39, 0.29) is 17.9 Å². The zero-order valence-electron chi connectivity index (χ0n) is 16.6. The molecule has 1 N–H and O–H groups in total. The van der Waals surface area contributed by atoms with Crippen molar-refractivity contribution in [2.75, 3.05) is 14.2 Å². The monoisotopic (exact) mass is 383 g/mol. The standard InChI is InChI=1S/C22H25NO5/c1-5-15(23-21(25)16-8-6-7-9-17(16)22(23)26)10-14-11-20(28-4)18(13(2)24)12-19(14)27-3/h6-9,11-13,15,24H,5,10H2,1-4H3. The van der Waals surface area contributed by atoms with E-state index in [1.54, 1.807) is 51.5 Å². The molecule has 1 aliphatic heterocycles. The lowest BCUT2D eigenvalue weighted by atomic mass is 9.98. The molecule has 2 aromatic rings. The van der Waals surface area contributed by atoms with Gasteiger partial charge in [0.1, 0.15) is 11.5 Å². The van der Waals surface area contributed by atoms with Crippen LogP contribution in [0.4, 0.5) is 0 Å². The lowest BCUT2D eigenvalue weighted by molar-refractivity contribution is 0.0579. The van der Waals surface area contributed by atoms with E-state index in [0.717, 1.165) is 5.56 Å². The van der Waals surface area contributed by atoms with Crippen molar-refractivity contribution >= 4 is 11.8 Å². The Morgan fingerprint density at radius 3 is 2.04 bits per heavy atom. The molecule has 0 bridgehead atoms. The van der Waals surface area contributed by atoms with Gasteiger partial charge in [-0.05, 0) is 49.6 Å². The van der Waals surface area contributed by atoms with Crippen molar-refractivity contribution in [2.45, 2.75) is 38.8 Å². The largest absolute Gasteiger partial charge is 0.496 e. The quantitative estimate of drug-likeness (QED) is 0.742. The van der Waals surface area contributed by atoms with E-state index in [0.29, 0.717) is 41.0 Å². The Labute approximate surface area is 164 Å². The SMILES string of the molecule is CCC(Cc1cc(OC)c(C(C)O)cc1OC)N1C(=O)c2ccccc2C1=O. The second-order valence-electron chi connectivity index (χ2n) is 6.87. The zero-order valence-corrected chi connectivity index (χ0v) is 16.6. The van der Waals surface area contributed by atoms with Crippen LogP contribution in [0.15, 0.2) is 36.4 Å². The minimum Gasteiger partial charge on any atom is -0.496 e. The molecule has 3 rings (SSSR count). The van der Waals surface area contributed by atoms with Crippen LogP contribution in [0.25, 0.3) is 0 Å². The molecule has 2 atom stereocenters. The number of imide groups is 1. The molecule has 0 fully saturated rings. The fourth-order valence-corrected chi connectivity index (χ4v) is 3.68. The molecule has 0 spiro atoms. The number of ether oxygens (including phenoxy) is 2. The van der Waals surface area contributed by atoms with Gasteiger partial charge in [-0.3, -0.25) is 14.5 Å². The summed E-state index contributed by atoms with van der Waals surface area (Å²) in [4.78, 5) is 27.0. The highest BCUT2D eigenvalue weighted by atomic mass is 16.5. The Morgan fingerprint density at radius 1 is 1.00 bits per heavy atom. The van der Waals surface area contributed by atoms with E-state index < -0.39 is 6.10 Å². The third-order valence-electron chi connectivity index (χ3n) is 5.20. The third kappa shape index (κ3) is 3.36. The van der Waals surface area contributed by atoms with Crippen LogP contribution in [0, 0.1) is 0 Å². The van der Waals surface area contributed by atoms with Crippen molar-refractivity contribution in [1.29, 1.82) is 0 Å². The Kier molecular flexibility index (Phi) is 5.70. The van der Waals surface area contributed by atoms with Crippen LogP contribution < -0.4 is 9.47 Å². The van der Waals surface area contributed by atoms with Gasteiger partial charge in [0.15, 0.2) is 0 Å². The first-order valence-corrected chi connectivity index (χ1v) is 9.32. The molecule has 28 heavy (non-hydrogen) atoms. The molecule has 0 aromatic heterocycles. The predicted octanol–water partition coefficient (Wildman–Crippen LogP) is 3.37. The smallest absolute Gasteiger partial charge is 0.261 e. The molecule has 0 saturated carbocycles. The minimum absolute atomic E-state index is 0.265. The van der Waals surface area contributed by atoms with Crippen LogP contribution in [0.2, 0.25) is 0 Å². The average Bonchev–Trinajstić information content (AvgIpc) is 2.96. The predicted molar refractivity (Wildman–Crippen MR) is 105 cm³/mol. The van der Waals surface area contributed by atoms with Gasteiger partial charge >= 0.3 is 0 Å². The number of aliphatic hydroxyl groups excluding tert-OH is 1. The fraction of sp³-hybridized carbons (Fsp3) is 0.364. The third-order valence-corrected chi connectivity index (χ3v) is 5.20. The van der Waals surface area contributed by atoms with Gasteiger partial charge in [0, 0.05) is 11.6 Å². The van der Waals surface area contributed by atoms with E-state index in [9.17, 15) is 14.7 Å². The maximum atomic E-state index is 12.8. The normalized spacial score (nSPS) is 15.4. The molecule has 1 aliphatic rings. The summed E-state index contributed by atoms with van der Waals surface area (Å²) in [6.45, 7) is 3.60. The van der Waals surface area contributed by atoms with E-state index in [4.69, 9.17) is 9.47 Å². The molecule has 2 unspecified atom stereocenters. The molecule has 6 nitrogen and oxygen atoms in total. The fourth-order valence-electron chi connectivity index (χ4n) is 3.68. The number of amides is 2. The van der Waals surface area contributed by atoms with Crippen molar-refractivity contribution in [1.82, 2.24) is 4.90 Å². The number of aliphatic hydroxyl groups is 1. The van der Waals surface area contributed by atoms with E-state index in [1.807, 2.05) is 13.0 Å². The lowest BCUT2D eigenvalue weighted by Crippen LogP contribution is -2.40. The number of fused-ring (bicyclic) bond motifs is 1. The second-order valence-corrected chi connectivity index (χ2v) is 6.87. The molecular formula is C22H25NO5. The van der Waals surface area contributed by atoms with E-state index in [1.165, 1.54) is 4.90 Å². The van der Waals surface area contributed by atoms with Gasteiger partial charge in [-0.25, -0.2) is 0 Å². The first-order valence-electron chi connectivity index (χ1n) is 9.32. The van der Waals surface area contributed by atoms with Gasteiger partial charge in [0.05, 0.1) is 31.5 Å². The van der Waals surface area contributed by atoms with Crippen LogP contribution >= 0.6 is 0 Å². The summed E-state index contributed by atoms with van der Waals surface area (Å²) in [5, 5.41) is 9.98. The molecule has 0 saturated heterocycles. The van der Waals surface area contributed by atoms with Gasteiger partial charge in [-0.2, -0.15) is 0 Å². The number of benzene rings is 2. The highest BCUT2D eigenvalue weighted by molar-refractivity contribution is 6.21. The molecule has 0 aliphatic carbocycles. The Bertz CT molecular complexity index is 871. The van der Waals surface area contributed by atoms with Crippen molar-refractivity contribution < 1.29 is 24.2 Å². The van der Waals surface area contributed by atoms with Gasteiger partial charge in [0.25, 0.3) is 11.8 Å². The van der Waals surface area contributed by atoms with Crippen LogP contribution in [0.5, 0.6) is 11.5 Å². The van der Waals surface area contributed by atoms with Crippen LogP contribution in [0.1, 0.15) is 58.2 Å². The summed E-state index contributed by atoms with van der Waals surface area (Å²) < 4.78 is 10.9. The van der Waals surface area contributed by atoms with Crippen molar-refractivity contribution in [3.8, 4) is 11.5 Å². The zero-order chi connectivity index (χ0) is 20.4. The first-order chi connectivity index (χ1) is 13.4.